The fourth-order valence-electron chi connectivity index (χ4n) is 2.23. The van der Waals surface area contributed by atoms with Crippen molar-refractivity contribution >= 4 is 5.91 Å². The lowest BCUT2D eigenvalue weighted by Gasteiger charge is -2.19. The van der Waals surface area contributed by atoms with E-state index in [1.165, 1.54) is 51.7 Å². The molecule has 1 rings (SSSR count). The molecule has 0 atom stereocenters. The van der Waals surface area contributed by atoms with Gasteiger partial charge in [-0.2, -0.15) is 0 Å². The molecule has 0 radical (unpaired) electrons. The largest absolute Gasteiger partial charge is 0.303 e. The summed E-state index contributed by atoms with van der Waals surface area (Å²) in [5.41, 5.74) is 2.16. The van der Waals surface area contributed by atoms with Crippen LogP contribution in [0.4, 0.5) is 0 Å². The Labute approximate surface area is 98.5 Å². The van der Waals surface area contributed by atoms with Crippen molar-refractivity contribution in [1.82, 2.24) is 10.3 Å². The lowest BCUT2D eigenvalue weighted by atomic mass is 10.2. The van der Waals surface area contributed by atoms with Gasteiger partial charge in [-0.25, -0.2) is 5.84 Å². The molecule has 16 heavy (non-hydrogen) atoms. The van der Waals surface area contributed by atoms with Crippen molar-refractivity contribution in [1.29, 1.82) is 0 Å². The van der Waals surface area contributed by atoms with E-state index in [9.17, 15) is 4.79 Å². The minimum Gasteiger partial charge on any atom is -0.303 e. The molecule has 0 bridgehead atoms. The van der Waals surface area contributed by atoms with Gasteiger partial charge in [0.2, 0.25) is 5.91 Å². The Balaban J connectivity index is 1.95. The second-order valence-corrected chi connectivity index (χ2v) is 4.63. The summed E-state index contributed by atoms with van der Waals surface area (Å²) >= 11 is 0. The first-order valence-electron chi connectivity index (χ1n) is 6.55. The average molecular weight is 227 g/mol. The lowest BCUT2D eigenvalue weighted by Crippen LogP contribution is -2.29. The monoisotopic (exact) mass is 227 g/mol. The SMILES string of the molecule is NNC(=O)CCCCCN1CCCCCC1. The Hall–Kier alpha value is -0.610. The summed E-state index contributed by atoms with van der Waals surface area (Å²) in [6.45, 7) is 3.73. The molecule has 1 aliphatic rings. The summed E-state index contributed by atoms with van der Waals surface area (Å²) in [6.07, 6.45) is 9.36. The topological polar surface area (TPSA) is 58.4 Å². The summed E-state index contributed by atoms with van der Waals surface area (Å²) in [5, 5.41) is 0. The van der Waals surface area contributed by atoms with Crippen molar-refractivity contribution < 1.29 is 4.79 Å². The highest BCUT2D eigenvalue weighted by molar-refractivity contribution is 5.74. The number of likely N-dealkylation sites (tertiary alicyclic amines) is 1. The Bertz CT molecular complexity index is 189. The van der Waals surface area contributed by atoms with E-state index < -0.39 is 0 Å². The third-order valence-corrected chi connectivity index (χ3v) is 3.24. The first-order valence-corrected chi connectivity index (χ1v) is 6.55. The van der Waals surface area contributed by atoms with E-state index in [-0.39, 0.29) is 5.91 Å². The fourth-order valence-corrected chi connectivity index (χ4v) is 2.23. The second-order valence-electron chi connectivity index (χ2n) is 4.63. The Kier molecular flexibility index (Phi) is 7.17. The van der Waals surface area contributed by atoms with Gasteiger partial charge in [0, 0.05) is 6.42 Å². The molecule has 1 amide bonds. The van der Waals surface area contributed by atoms with Crippen molar-refractivity contribution in [2.24, 2.45) is 5.84 Å². The second kappa shape index (κ2) is 8.53. The normalized spacial score (nSPS) is 18.1. The number of carbonyl (C=O) groups is 1. The lowest BCUT2D eigenvalue weighted by molar-refractivity contribution is -0.121. The van der Waals surface area contributed by atoms with Gasteiger partial charge in [0.15, 0.2) is 0 Å². The van der Waals surface area contributed by atoms with Crippen molar-refractivity contribution in [3.8, 4) is 0 Å². The van der Waals surface area contributed by atoms with Crippen molar-refractivity contribution in [2.45, 2.75) is 51.4 Å². The quantitative estimate of drug-likeness (QED) is 0.312. The summed E-state index contributed by atoms with van der Waals surface area (Å²) < 4.78 is 0. The Morgan fingerprint density at radius 1 is 1.06 bits per heavy atom. The van der Waals surface area contributed by atoms with Gasteiger partial charge in [0.1, 0.15) is 0 Å². The molecule has 0 spiro atoms. The van der Waals surface area contributed by atoms with E-state index in [1.54, 1.807) is 0 Å². The van der Waals surface area contributed by atoms with Crippen LogP contribution in [-0.2, 0) is 4.79 Å². The van der Waals surface area contributed by atoms with Crippen LogP contribution < -0.4 is 11.3 Å². The average Bonchev–Trinajstić information content (AvgIpc) is 2.57. The van der Waals surface area contributed by atoms with Gasteiger partial charge in [0.25, 0.3) is 0 Å². The number of nitrogens with zero attached hydrogens (tertiary/aromatic N) is 1. The molecular formula is C12H25N3O. The van der Waals surface area contributed by atoms with Gasteiger partial charge in [-0.15, -0.1) is 0 Å². The Morgan fingerprint density at radius 2 is 1.75 bits per heavy atom. The molecule has 4 heteroatoms. The summed E-state index contributed by atoms with van der Waals surface area (Å²) in [5.74, 6) is 4.97. The van der Waals surface area contributed by atoms with Crippen LogP contribution >= 0.6 is 0 Å². The third-order valence-electron chi connectivity index (χ3n) is 3.24. The number of unbranched alkanes of at least 4 members (excludes halogenated alkanes) is 2. The maximum absolute atomic E-state index is 10.9. The fraction of sp³-hybridized carbons (Fsp3) is 0.917. The highest BCUT2D eigenvalue weighted by Gasteiger charge is 2.08. The van der Waals surface area contributed by atoms with E-state index >= 15 is 0 Å². The summed E-state index contributed by atoms with van der Waals surface area (Å²) in [4.78, 5) is 13.4. The molecule has 0 aromatic carbocycles. The molecule has 94 valence electrons. The minimum absolute atomic E-state index is 0.0465. The number of hydrazine groups is 1. The summed E-state index contributed by atoms with van der Waals surface area (Å²) in [7, 11) is 0. The van der Waals surface area contributed by atoms with Crippen LogP contribution in [0.2, 0.25) is 0 Å². The maximum atomic E-state index is 10.9. The zero-order valence-corrected chi connectivity index (χ0v) is 10.2. The number of hydrogen-bond donors (Lipinski definition) is 2. The van der Waals surface area contributed by atoms with E-state index in [0.29, 0.717) is 6.42 Å². The van der Waals surface area contributed by atoms with E-state index in [0.717, 1.165) is 12.8 Å². The molecule has 0 aromatic rings. The van der Waals surface area contributed by atoms with Crippen LogP contribution in [-0.4, -0.2) is 30.4 Å². The molecule has 3 N–H and O–H groups in total. The molecule has 0 saturated carbocycles. The van der Waals surface area contributed by atoms with Gasteiger partial charge in [-0.05, 0) is 45.3 Å². The number of amides is 1. The molecule has 0 aliphatic carbocycles. The molecule has 1 aliphatic heterocycles. The molecule has 1 heterocycles. The van der Waals surface area contributed by atoms with Gasteiger partial charge >= 0.3 is 0 Å². The Morgan fingerprint density at radius 3 is 2.38 bits per heavy atom. The molecule has 1 saturated heterocycles. The van der Waals surface area contributed by atoms with Gasteiger partial charge < -0.3 is 4.90 Å². The predicted octanol–water partition coefficient (Wildman–Crippen LogP) is 1.41. The summed E-state index contributed by atoms with van der Waals surface area (Å²) in [6, 6.07) is 0. The molecule has 1 fully saturated rings. The van der Waals surface area contributed by atoms with Crippen LogP contribution in [0.3, 0.4) is 0 Å². The van der Waals surface area contributed by atoms with E-state index in [1.807, 2.05) is 0 Å². The smallest absolute Gasteiger partial charge is 0.233 e. The number of nitrogens with two attached hydrogens (primary N) is 1. The maximum Gasteiger partial charge on any atom is 0.233 e. The molecule has 0 unspecified atom stereocenters. The highest BCUT2D eigenvalue weighted by Crippen LogP contribution is 2.10. The zero-order chi connectivity index (χ0) is 11.6. The van der Waals surface area contributed by atoms with Crippen molar-refractivity contribution in [2.75, 3.05) is 19.6 Å². The highest BCUT2D eigenvalue weighted by atomic mass is 16.2. The van der Waals surface area contributed by atoms with Crippen LogP contribution in [0.1, 0.15) is 51.4 Å². The first kappa shape index (κ1) is 13.5. The van der Waals surface area contributed by atoms with Gasteiger partial charge in [-0.3, -0.25) is 10.2 Å². The van der Waals surface area contributed by atoms with Crippen molar-refractivity contribution in [3.05, 3.63) is 0 Å². The third kappa shape index (κ3) is 6.08. The molecule has 0 aromatic heterocycles. The number of nitrogens with one attached hydrogen (secondary N) is 1. The van der Waals surface area contributed by atoms with Crippen LogP contribution in [0.15, 0.2) is 0 Å². The standard InChI is InChI=1S/C12H25N3O/c13-14-12(16)8-4-3-7-11-15-9-5-1-2-6-10-15/h1-11,13H2,(H,14,16). The van der Waals surface area contributed by atoms with Crippen molar-refractivity contribution in [3.63, 3.8) is 0 Å². The van der Waals surface area contributed by atoms with Gasteiger partial charge in [0.05, 0.1) is 0 Å². The number of hydrogen-bond acceptors (Lipinski definition) is 3. The van der Waals surface area contributed by atoms with E-state index in [4.69, 9.17) is 5.84 Å². The van der Waals surface area contributed by atoms with Crippen LogP contribution in [0, 0.1) is 0 Å². The zero-order valence-electron chi connectivity index (χ0n) is 10.2. The first-order chi connectivity index (χ1) is 7.83. The number of carbonyl (C=O) groups excluding carboxylic acids is 1. The minimum atomic E-state index is -0.0465. The molecular weight excluding hydrogens is 202 g/mol. The van der Waals surface area contributed by atoms with Crippen LogP contribution in [0.5, 0.6) is 0 Å². The van der Waals surface area contributed by atoms with Crippen LogP contribution in [0.25, 0.3) is 0 Å². The van der Waals surface area contributed by atoms with E-state index in [2.05, 4.69) is 10.3 Å². The van der Waals surface area contributed by atoms with Gasteiger partial charge in [-0.1, -0.05) is 19.3 Å². The predicted molar refractivity (Wildman–Crippen MR) is 65.7 cm³/mol. The molecule has 4 nitrogen and oxygen atoms in total. The number of rotatable bonds is 6.